The Balaban J connectivity index is 1.26. The Morgan fingerprint density at radius 3 is 2.91 bits per heavy atom. The van der Waals surface area contributed by atoms with Crippen LogP contribution in [0.25, 0.3) is 0 Å². The van der Waals surface area contributed by atoms with Crippen molar-refractivity contribution in [2.24, 2.45) is 13.0 Å². The number of amides is 1. The molecule has 0 bridgehead atoms. The highest BCUT2D eigenvalue weighted by atomic mass is 16.5. The molecule has 1 amide bonds. The predicted molar refractivity (Wildman–Crippen MR) is 81.1 cm³/mol. The van der Waals surface area contributed by atoms with Crippen molar-refractivity contribution in [1.82, 2.24) is 19.6 Å². The number of ether oxygens (including phenoxy) is 1. The van der Waals surface area contributed by atoms with Gasteiger partial charge in [0.05, 0.1) is 24.8 Å². The molecule has 0 unspecified atom stereocenters. The minimum atomic E-state index is 0.142. The number of carbonyl (C=O) groups is 1. The summed E-state index contributed by atoms with van der Waals surface area (Å²) in [7, 11) is 1.95. The minimum Gasteiger partial charge on any atom is -0.373 e. The van der Waals surface area contributed by atoms with Crippen LogP contribution in [0.1, 0.15) is 24.8 Å². The van der Waals surface area contributed by atoms with Gasteiger partial charge in [-0.2, -0.15) is 5.10 Å². The van der Waals surface area contributed by atoms with Gasteiger partial charge in [-0.3, -0.25) is 14.4 Å². The molecule has 6 nitrogen and oxygen atoms in total. The standard InChI is InChI=1S/C16H24N4O2/c1-18-8-12(7-17-18)9-19-10-13-5-14(22-15(13)11-19)6-16(21)20-3-2-4-20/h7-8,13-15H,2-6,9-11H2,1H3/t13-,14-,15+/m0/s1. The first-order valence-corrected chi connectivity index (χ1v) is 8.30. The van der Waals surface area contributed by atoms with E-state index in [-0.39, 0.29) is 12.0 Å². The van der Waals surface area contributed by atoms with Crippen LogP contribution in [0, 0.1) is 5.92 Å². The number of aromatic nitrogens is 2. The van der Waals surface area contributed by atoms with Gasteiger partial charge >= 0.3 is 0 Å². The van der Waals surface area contributed by atoms with Crippen molar-refractivity contribution in [2.75, 3.05) is 26.2 Å². The van der Waals surface area contributed by atoms with Crippen LogP contribution in [0.5, 0.6) is 0 Å². The monoisotopic (exact) mass is 304 g/mol. The van der Waals surface area contributed by atoms with Crippen molar-refractivity contribution in [3.63, 3.8) is 0 Å². The van der Waals surface area contributed by atoms with Gasteiger partial charge in [0, 0.05) is 57.4 Å². The third-order valence-corrected chi connectivity index (χ3v) is 5.17. The van der Waals surface area contributed by atoms with Crippen molar-refractivity contribution in [1.29, 1.82) is 0 Å². The molecule has 0 spiro atoms. The van der Waals surface area contributed by atoms with E-state index < -0.39 is 0 Å². The first kappa shape index (κ1) is 14.2. The molecule has 120 valence electrons. The van der Waals surface area contributed by atoms with Gasteiger partial charge in [-0.05, 0) is 12.8 Å². The largest absolute Gasteiger partial charge is 0.373 e. The Morgan fingerprint density at radius 2 is 2.27 bits per heavy atom. The number of fused-ring (bicyclic) bond motifs is 1. The second-order valence-electron chi connectivity index (χ2n) is 6.95. The Kier molecular flexibility index (Phi) is 3.66. The van der Waals surface area contributed by atoms with E-state index in [0.717, 1.165) is 45.6 Å². The maximum Gasteiger partial charge on any atom is 0.225 e. The molecule has 4 heterocycles. The molecule has 3 fully saturated rings. The van der Waals surface area contributed by atoms with Crippen LogP contribution in [0.4, 0.5) is 0 Å². The van der Waals surface area contributed by atoms with Crippen LogP contribution < -0.4 is 0 Å². The molecular weight excluding hydrogens is 280 g/mol. The Bertz CT molecular complexity index is 540. The smallest absolute Gasteiger partial charge is 0.225 e. The fraction of sp³-hybridized carbons (Fsp3) is 0.750. The summed E-state index contributed by atoms with van der Waals surface area (Å²) >= 11 is 0. The van der Waals surface area contributed by atoms with E-state index in [1.165, 1.54) is 5.56 Å². The van der Waals surface area contributed by atoms with Crippen molar-refractivity contribution < 1.29 is 9.53 Å². The van der Waals surface area contributed by atoms with E-state index in [0.29, 0.717) is 18.4 Å². The number of hydrogen-bond acceptors (Lipinski definition) is 4. The van der Waals surface area contributed by atoms with Crippen molar-refractivity contribution in [3.8, 4) is 0 Å². The van der Waals surface area contributed by atoms with Crippen molar-refractivity contribution in [2.45, 2.75) is 38.0 Å². The summed E-state index contributed by atoms with van der Waals surface area (Å²) < 4.78 is 7.99. The number of carbonyl (C=O) groups excluding carboxylic acids is 1. The maximum absolute atomic E-state index is 12.0. The molecule has 1 aromatic rings. The maximum atomic E-state index is 12.0. The van der Waals surface area contributed by atoms with E-state index in [2.05, 4.69) is 16.2 Å². The lowest BCUT2D eigenvalue weighted by Crippen LogP contribution is -2.43. The molecule has 0 aliphatic carbocycles. The third kappa shape index (κ3) is 2.77. The van der Waals surface area contributed by atoms with Crippen LogP contribution in [-0.4, -0.2) is 63.9 Å². The predicted octanol–water partition coefficient (Wildman–Crippen LogP) is 0.632. The van der Waals surface area contributed by atoms with Gasteiger partial charge in [0.15, 0.2) is 0 Å². The van der Waals surface area contributed by atoms with Crippen molar-refractivity contribution >= 4 is 5.91 Å². The zero-order valence-corrected chi connectivity index (χ0v) is 13.1. The fourth-order valence-electron chi connectivity index (χ4n) is 3.91. The highest BCUT2D eigenvalue weighted by Gasteiger charge is 2.42. The van der Waals surface area contributed by atoms with Gasteiger partial charge in [-0.15, -0.1) is 0 Å². The number of likely N-dealkylation sites (tertiary alicyclic amines) is 2. The molecule has 3 atom stereocenters. The number of aryl methyl sites for hydroxylation is 1. The summed E-state index contributed by atoms with van der Waals surface area (Å²) in [5.74, 6) is 0.870. The molecule has 0 aromatic carbocycles. The van der Waals surface area contributed by atoms with Gasteiger partial charge in [-0.1, -0.05) is 0 Å². The summed E-state index contributed by atoms with van der Waals surface area (Å²) in [5.41, 5.74) is 1.26. The van der Waals surface area contributed by atoms with Crippen molar-refractivity contribution in [3.05, 3.63) is 18.0 Å². The second-order valence-corrected chi connectivity index (χ2v) is 6.95. The summed E-state index contributed by atoms with van der Waals surface area (Å²) in [6.07, 6.45) is 7.23. The van der Waals surface area contributed by atoms with Crippen LogP contribution in [0.15, 0.2) is 12.4 Å². The molecule has 4 rings (SSSR count). The molecule has 3 aliphatic rings. The number of hydrogen-bond donors (Lipinski definition) is 0. The molecule has 0 radical (unpaired) electrons. The second kappa shape index (κ2) is 5.66. The average Bonchev–Trinajstić information content (AvgIpc) is 3.02. The Morgan fingerprint density at radius 1 is 1.41 bits per heavy atom. The number of rotatable bonds is 4. The van der Waals surface area contributed by atoms with Crippen LogP contribution in [0.2, 0.25) is 0 Å². The van der Waals surface area contributed by atoms with Crippen LogP contribution >= 0.6 is 0 Å². The van der Waals surface area contributed by atoms with E-state index >= 15 is 0 Å². The molecule has 3 saturated heterocycles. The van der Waals surface area contributed by atoms with Gasteiger partial charge in [0.25, 0.3) is 0 Å². The first-order valence-electron chi connectivity index (χ1n) is 8.30. The summed E-state index contributed by atoms with van der Waals surface area (Å²) in [4.78, 5) is 16.4. The lowest BCUT2D eigenvalue weighted by atomic mass is 10.0. The molecule has 3 aliphatic heterocycles. The number of nitrogens with zero attached hydrogens (tertiary/aromatic N) is 4. The highest BCUT2D eigenvalue weighted by Crippen LogP contribution is 2.35. The van der Waals surface area contributed by atoms with Gasteiger partial charge in [0.2, 0.25) is 5.91 Å². The fourth-order valence-corrected chi connectivity index (χ4v) is 3.91. The Hall–Kier alpha value is -1.40. The van der Waals surface area contributed by atoms with Gasteiger partial charge in [-0.25, -0.2) is 0 Å². The molecule has 22 heavy (non-hydrogen) atoms. The van der Waals surface area contributed by atoms with E-state index in [4.69, 9.17) is 4.74 Å². The normalized spacial score (nSPS) is 31.3. The SMILES string of the molecule is Cn1cc(CN2C[C@@H]3C[C@@H](CC(=O)N4CCC4)O[C@@H]3C2)cn1. The lowest BCUT2D eigenvalue weighted by molar-refractivity contribution is -0.137. The Labute approximate surface area is 131 Å². The van der Waals surface area contributed by atoms with E-state index in [9.17, 15) is 4.79 Å². The topological polar surface area (TPSA) is 50.6 Å². The molecule has 0 saturated carbocycles. The summed E-state index contributed by atoms with van der Waals surface area (Å²) in [6, 6.07) is 0. The van der Waals surface area contributed by atoms with Gasteiger partial charge in [0.1, 0.15) is 0 Å². The minimum absolute atomic E-state index is 0.142. The van der Waals surface area contributed by atoms with Crippen LogP contribution in [0.3, 0.4) is 0 Å². The van der Waals surface area contributed by atoms with E-state index in [1.807, 2.05) is 22.8 Å². The molecule has 0 N–H and O–H groups in total. The van der Waals surface area contributed by atoms with E-state index in [1.54, 1.807) is 0 Å². The summed E-state index contributed by atoms with van der Waals surface area (Å²) in [5, 5.41) is 4.22. The van der Waals surface area contributed by atoms with Crippen LogP contribution in [-0.2, 0) is 23.1 Å². The highest BCUT2D eigenvalue weighted by molar-refractivity contribution is 5.77. The quantitative estimate of drug-likeness (QED) is 0.819. The molecule has 6 heteroatoms. The summed E-state index contributed by atoms with van der Waals surface area (Å²) in [6.45, 7) is 4.89. The van der Waals surface area contributed by atoms with Gasteiger partial charge < -0.3 is 9.64 Å². The zero-order valence-electron chi connectivity index (χ0n) is 13.1. The first-order chi connectivity index (χ1) is 10.7. The molecule has 1 aromatic heterocycles. The molecular formula is C16H24N4O2. The average molecular weight is 304 g/mol. The lowest BCUT2D eigenvalue weighted by Gasteiger charge is -2.31. The third-order valence-electron chi connectivity index (χ3n) is 5.17. The zero-order chi connectivity index (χ0) is 15.1.